The van der Waals surface area contributed by atoms with E-state index < -0.39 is 0 Å². The van der Waals surface area contributed by atoms with Crippen molar-refractivity contribution in [3.8, 4) is 0 Å². The van der Waals surface area contributed by atoms with Crippen molar-refractivity contribution in [2.45, 2.75) is 99.8 Å². The maximum Gasteiger partial charge on any atom is 0.0608 e. The van der Waals surface area contributed by atoms with Gasteiger partial charge >= 0.3 is 0 Å². The standard InChI is InChI=1S/C32H54O3S4/c36-23-17-25-21-13-29(27(25)19-23)31(15-21)34-7-3-11-38-9-1-5-33-6-2-10-39-12-4-8-35-32-16-22-14-30(32)28-20-24(37)18-26(22)28/h21-32,36-37H,1-20H2. The number of thioether (sulfide) groups is 2. The quantitative estimate of drug-likeness (QED) is 0.123. The summed E-state index contributed by atoms with van der Waals surface area (Å²) in [5, 5.41) is 1.33. The van der Waals surface area contributed by atoms with E-state index in [1.807, 2.05) is 0 Å². The second-order valence-corrected chi connectivity index (χ2v) is 17.7. The highest BCUT2D eigenvalue weighted by Gasteiger charge is 2.56. The van der Waals surface area contributed by atoms with Crippen molar-refractivity contribution < 1.29 is 14.2 Å². The Bertz CT molecular complexity index is 697. The summed E-state index contributed by atoms with van der Waals surface area (Å²) >= 11 is 13.7. The summed E-state index contributed by atoms with van der Waals surface area (Å²) < 4.78 is 18.6. The molecule has 0 spiro atoms. The fourth-order valence-corrected chi connectivity index (χ4v) is 12.6. The van der Waals surface area contributed by atoms with Crippen molar-refractivity contribution in [2.24, 2.45) is 47.3 Å². The molecule has 0 heterocycles. The number of hydrogen-bond acceptors (Lipinski definition) is 7. The molecule has 6 aliphatic carbocycles. The Labute approximate surface area is 258 Å². The van der Waals surface area contributed by atoms with Crippen LogP contribution in [0.3, 0.4) is 0 Å². The molecule has 6 aliphatic rings. The van der Waals surface area contributed by atoms with Crippen molar-refractivity contribution in [1.82, 2.24) is 0 Å². The van der Waals surface area contributed by atoms with E-state index in [-0.39, 0.29) is 0 Å². The number of thiol groups is 2. The molecule has 4 bridgehead atoms. The smallest absolute Gasteiger partial charge is 0.0608 e. The van der Waals surface area contributed by atoms with Crippen LogP contribution in [0.4, 0.5) is 0 Å². The van der Waals surface area contributed by atoms with Crippen LogP contribution in [0.2, 0.25) is 0 Å². The van der Waals surface area contributed by atoms with Crippen LogP contribution in [0.1, 0.15) is 77.0 Å². The first-order valence-electron chi connectivity index (χ1n) is 16.5. The SMILES string of the molecule is SC1CC2C3CC(OCCCSCCCOCCCSCCCOC4CC5CC4C4CC(S)CC54)C(C3)C2C1. The van der Waals surface area contributed by atoms with Gasteiger partial charge in [-0.1, -0.05) is 0 Å². The lowest BCUT2D eigenvalue weighted by atomic mass is 9.80. The van der Waals surface area contributed by atoms with E-state index in [1.54, 1.807) is 0 Å². The molecule has 0 aromatic heterocycles. The minimum absolute atomic E-state index is 0.563. The first kappa shape index (κ1) is 30.3. The number of fused-ring (bicyclic) bond motifs is 10. The summed E-state index contributed by atoms with van der Waals surface area (Å²) in [6.07, 6.45) is 16.9. The van der Waals surface area contributed by atoms with Crippen LogP contribution in [-0.2, 0) is 14.2 Å². The van der Waals surface area contributed by atoms with E-state index in [0.717, 1.165) is 73.8 Å². The predicted octanol–water partition coefficient (Wildman–Crippen LogP) is 7.53. The molecule has 12 unspecified atom stereocenters. The second kappa shape index (κ2) is 14.8. The van der Waals surface area contributed by atoms with Crippen LogP contribution in [0.15, 0.2) is 0 Å². The van der Waals surface area contributed by atoms with Gasteiger partial charge in [-0.05, 0) is 147 Å². The summed E-state index contributed by atoms with van der Waals surface area (Å²) in [6, 6.07) is 0. The van der Waals surface area contributed by atoms with Gasteiger partial charge in [-0.3, -0.25) is 0 Å². The zero-order valence-corrected chi connectivity index (χ0v) is 27.4. The molecule has 0 radical (unpaired) electrons. The van der Waals surface area contributed by atoms with E-state index >= 15 is 0 Å². The highest BCUT2D eigenvalue weighted by Crippen LogP contribution is 2.61. The molecule has 6 saturated carbocycles. The van der Waals surface area contributed by atoms with Gasteiger partial charge in [0.2, 0.25) is 0 Å². The van der Waals surface area contributed by atoms with Gasteiger partial charge in [0.05, 0.1) is 12.2 Å². The van der Waals surface area contributed by atoms with Crippen molar-refractivity contribution in [1.29, 1.82) is 0 Å². The Kier molecular flexibility index (Phi) is 11.5. The minimum atomic E-state index is 0.563. The number of ether oxygens (including phenoxy) is 3. The molecule has 12 atom stereocenters. The van der Waals surface area contributed by atoms with Crippen LogP contribution in [0.25, 0.3) is 0 Å². The van der Waals surface area contributed by atoms with Gasteiger partial charge in [0.15, 0.2) is 0 Å². The molecule has 0 saturated heterocycles. The Morgan fingerprint density at radius 3 is 1.33 bits per heavy atom. The average molecular weight is 615 g/mol. The normalized spacial score (nSPS) is 43.5. The van der Waals surface area contributed by atoms with Crippen LogP contribution in [0.5, 0.6) is 0 Å². The van der Waals surface area contributed by atoms with Crippen molar-refractivity contribution in [3.63, 3.8) is 0 Å². The van der Waals surface area contributed by atoms with Crippen molar-refractivity contribution >= 4 is 48.8 Å². The largest absolute Gasteiger partial charge is 0.381 e. The topological polar surface area (TPSA) is 27.7 Å². The lowest BCUT2D eigenvalue weighted by Gasteiger charge is -2.31. The Morgan fingerprint density at radius 1 is 0.462 bits per heavy atom. The van der Waals surface area contributed by atoms with E-state index in [1.165, 1.54) is 100 Å². The number of hydrogen-bond donors (Lipinski definition) is 2. The zero-order valence-electron chi connectivity index (χ0n) is 24.0. The maximum atomic E-state index is 6.37. The lowest BCUT2D eigenvalue weighted by Crippen LogP contribution is -2.30. The van der Waals surface area contributed by atoms with Crippen LogP contribution >= 0.6 is 48.8 Å². The highest BCUT2D eigenvalue weighted by atomic mass is 32.2. The van der Waals surface area contributed by atoms with Crippen LogP contribution < -0.4 is 0 Å². The van der Waals surface area contributed by atoms with E-state index in [9.17, 15) is 0 Å². The van der Waals surface area contributed by atoms with Gasteiger partial charge in [0.1, 0.15) is 0 Å². The fourth-order valence-electron chi connectivity index (χ4n) is 9.97. The van der Waals surface area contributed by atoms with Crippen LogP contribution in [-0.4, -0.2) is 72.1 Å². The van der Waals surface area contributed by atoms with E-state index in [4.69, 9.17) is 39.5 Å². The van der Waals surface area contributed by atoms with Gasteiger partial charge in [0, 0.05) is 36.9 Å². The molecule has 0 amide bonds. The second-order valence-electron chi connectivity index (χ2n) is 13.8. The average Bonchev–Trinajstić information content (AvgIpc) is 3.74. The Balaban J connectivity index is 0.676. The zero-order chi connectivity index (χ0) is 26.6. The highest BCUT2D eigenvalue weighted by molar-refractivity contribution is 7.99. The fraction of sp³-hybridized carbons (Fsp3) is 1.00. The third-order valence-electron chi connectivity index (χ3n) is 11.4. The molecule has 0 aromatic rings. The summed E-state index contributed by atoms with van der Waals surface area (Å²) in [6.45, 7) is 3.76. The van der Waals surface area contributed by atoms with E-state index in [2.05, 4.69) is 23.5 Å². The minimum Gasteiger partial charge on any atom is -0.381 e. The number of rotatable bonds is 18. The van der Waals surface area contributed by atoms with E-state index in [0.29, 0.717) is 22.7 Å². The van der Waals surface area contributed by atoms with Gasteiger partial charge in [-0.15, -0.1) is 0 Å². The van der Waals surface area contributed by atoms with Gasteiger partial charge < -0.3 is 14.2 Å². The van der Waals surface area contributed by atoms with Gasteiger partial charge in [-0.2, -0.15) is 48.8 Å². The lowest BCUT2D eigenvalue weighted by molar-refractivity contribution is -0.00962. The Morgan fingerprint density at radius 2 is 0.872 bits per heavy atom. The molecule has 0 aromatic carbocycles. The first-order chi connectivity index (χ1) is 19.2. The maximum absolute atomic E-state index is 6.37. The molecule has 6 fully saturated rings. The molecule has 224 valence electrons. The summed E-state index contributed by atoms with van der Waals surface area (Å²) in [5.41, 5.74) is 0. The van der Waals surface area contributed by atoms with Gasteiger partial charge in [0.25, 0.3) is 0 Å². The first-order valence-corrected chi connectivity index (χ1v) is 19.8. The van der Waals surface area contributed by atoms with Crippen molar-refractivity contribution in [2.75, 3.05) is 49.4 Å². The summed E-state index contributed by atoms with van der Waals surface area (Å²) in [4.78, 5) is 0. The third kappa shape index (κ3) is 7.51. The molecule has 0 aliphatic heterocycles. The molecular weight excluding hydrogens is 561 g/mol. The molecular formula is C32H54O3S4. The monoisotopic (exact) mass is 614 g/mol. The molecule has 6 rings (SSSR count). The van der Waals surface area contributed by atoms with Gasteiger partial charge in [-0.25, -0.2) is 0 Å². The third-order valence-corrected chi connectivity index (χ3v) is 14.6. The molecule has 0 N–H and O–H groups in total. The molecule has 7 heteroatoms. The van der Waals surface area contributed by atoms with Crippen LogP contribution in [0, 0.1) is 47.3 Å². The molecule has 39 heavy (non-hydrogen) atoms. The molecule has 3 nitrogen and oxygen atoms in total. The summed E-state index contributed by atoms with van der Waals surface area (Å²) in [5.74, 6) is 12.3. The van der Waals surface area contributed by atoms with Crippen molar-refractivity contribution in [3.05, 3.63) is 0 Å². The summed E-state index contributed by atoms with van der Waals surface area (Å²) in [7, 11) is 0. The Hall–Kier alpha value is 1.28. The predicted molar refractivity (Wildman–Crippen MR) is 174 cm³/mol.